The number of fused-ring (bicyclic) bond motifs is 1. The Kier molecular flexibility index (Phi) is 3.52. The molecule has 0 saturated carbocycles. The van der Waals surface area contributed by atoms with Gasteiger partial charge < -0.3 is 11.1 Å². The van der Waals surface area contributed by atoms with Crippen molar-refractivity contribution in [3.05, 3.63) is 18.2 Å². The summed E-state index contributed by atoms with van der Waals surface area (Å²) >= 11 is 1.66. The Bertz CT molecular complexity index is 504. The maximum atomic E-state index is 5.76. The molecule has 1 unspecified atom stereocenters. The number of anilines is 2. The highest BCUT2D eigenvalue weighted by Crippen LogP contribution is 2.28. The molecule has 1 aromatic heterocycles. The number of benzene rings is 1. The van der Waals surface area contributed by atoms with Crippen LogP contribution in [0.25, 0.3) is 10.2 Å². The largest absolute Gasteiger partial charge is 0.399 e. The van der Waals surface area contributed by atoms with E-state index in [1.807, 2.05) is 18.2 Å². The smallest absolute Gasteiger partial charge is 0.184 e. The third-order valence-corrected chi connectivity index (χ3v) is 3.56. The molecule has 0 fully saturated rings. The zero-order valence-electron chi connectivity index (χ0n) is 10.5. The van der Waals surface area contributed by atoms with Crippen LogP contribution >= 0.6 is 11.3 Å². The van der Waals surface area contributed by atoms with Crippen LogP contribution in [-0.4, -0.2) is 11.0 Å². The predicted octanol–water partition coefficient (Wildman–Crippen LogP) is 3.73. The number of aromatic nitrogens is 1. The number of nitrogens with one attached hydrogen (secondary N) is 1. The molecule has 3 nitrogen and oxygen atoms in total. The quantitative estimate of drug-likeness (QED) is 0.812. The third-order valence-electron chi connectivity index (χ3n) is 2.61. The van der Waals surface area contributed by atoms with Crippen molar-refractivity contribution in [1.82, 2.24) is 4.98 Å². The third kappa shape index (κ3) is 3.09. The minimum atomic E-state index is 0.452. The Balaban J connectivity index is 2.14. The Labute approximate surface area is 106 Å². The van der Waals surface area contributed by atoms with E-state index in [0.717, 1.165) is 27.5 Å². The van der Waals surface area contributed by atoms with Crippen LogP contribution in [0.2, 0.25) is 0 Å². The Morgan fingerprint density at radius 1 is 1.35 bits per heavy atom. The van der Waals surface area contributed by atoms with Gasteiger partial charge in [0.05, 0.1) is 10.2 Å². The first-order chi connectivity index (χ1) is 8.04. The Morgan fingerprint density at radius 2 is 2.12 bits per heavy atom. The van der Waals surface area contributed by atoms with Crippen molar-refractivity contribution in [3.8, 4) is 0 Å². The van der Waals surface area contributed by atoms with Crippen molar-refractivity contribution >= 4 is 32.4 Å². The van der Waals surface area contributed by atoms with E-state index in [4.69, 9.17) is 5.73 Å². The Hall–Kier alpha value is -1.29. The molecule has 1 atom stereocenters. The number of hydrogen-bond donors (Lipinski definition) is 2. The van der Waals surface area contributed by atoms with Crippen LogP contribution in [0.5, 0.6) is 0 Å². The van der Waals surface area contributed by atoms with Gasteiger partial charge in [-0.15, -0.1) is 0 Å². The predicted molar refractivity (Wildman–Crippen MR) is 76.6 cm³/mol. The molecule has 0 saturated heterocycles. The van der Waals surface area contributed by atoms with Crippen molar-refractivity contribution in [2.45, 2.75) is 33.2 Å². The van der Waals surface area contributed by atoms with Crippen LogP contribution in [0.1, 0.15) is 27.2 Å². The maximum Gasteiger partial charge on any atom is 0.184 e. The molecule has 17 heavy (non-hydrogen) atoms. The number of rotatable bonds is 4. The summed E-state index contributed by atoms with van der Waals surface area (Å²) in [6.45, 7) is 6.66. The normalized spacial score (nSPS) is 13.2. The first kappa shape index (κ1) is 12.2. The van der Waals surface area contributed by atoms with E-state index in [1.54, 1.807) is 11.3 Å². The van der Waals surface area contributed by atoms with Crippen LogP contribution in [0, 0.1) is 5.92 Å². The number of nitrogens with zero attached hydrogens (tertiary/aromatic N) is 1. The summed E-state index contributed by atoms with van der Waals surface area (Å²) in [6.07, 6.45) is 1.15. The van der Waals surface area contributed by atoms with E-state index in [0.29, 0.717) is 12.0 Å². The molecule has 0 amide bonds. The van der Waals surface area contributed by atoms with Crippen LogP contribution in [0.3, 0.4) is 0 Å². The van der Waals surface area contributed by atoms with E-state index in [2.05, 4.69) is 31.1 Å². The van der Waals surface area contributed by atoms with Gasteiger partial charge in [-0.1, -0.05) is 25.2 Å². The second kappa shape index (κ2) is 4.92. The van der Waals surface area contributed by atoms with Gasteiger partial charge in [0.15, 0.2) is 5.13 Å². The molecule has 0 bridgehead atoms. The second-order valence-corrected chi connectivity index (χ2v) is 5.95. The number of thiazole rings is 1. The lowest BCUT2D eigenvalue weighted by molar-refractivity contribution is 0.539. The molecule has 0 aliphatic rings. The fraction of sp³-hybridized carbons (Fsp3) is 0.462. The van der Waals surface area contributed by atoms with Crippen molar-refractivity contribution in [2.24, 2.45) is 5.92 Å². The summed E-state index contributed by atoms with van der Waals surface area (Å²) in [7, 11) is 0. The minimum Gasteiger partial charge on any atom is -0.399 e. The van der Waals surface area contributed by atoms with E-state index in [1.165, 1.54) is 0 Å². The van der Waals surface area contributed by atoms with Gasteiger partial charge in [-0.3, -0.25) is 0 Å². The molecule has 2 aromatic rings. The molecule has 0 spiro atoms. The van der Waals surface area contributed by atoms with E-state index in [-0.39, 0.29) is 0 Å². The highest BCUT2D eigenvalue weighted by molar-refractivity contribution is 7.22. The van der Waals surface area contributed by atoms with Gasteiger partial charge in [0.25, 0.3) is 0 Å². The lowest BCUT2D eigenvalue weighted by Gasteiger charge is -2.14. The van der Waals surface area contributed by atoms with Gasteiger partial charge >= 0.3 is 0 Å². The van der Waals surface area contributed by atoms with Crippen molar-refractivity contribution in [1.29, 1.82) is 0 Å². The number of nitrogen functional groups attached to an aromatic ring is 1. The molecular weight excluding hydrogens is 230 g/mol. The first-order valence-corrected chi connectivity index (χ1v) is 6.79. The van der Waals surface area contributed by atoms with Gasteiger partial charge in [0, 0.05) is 11.7 Å². The molecule has 0 aliphatic carbocycles. The molecule has 92 valence electrons. The van der Waals surface area contributed by atoms with Crippen LogP contribution < -0.4 is 11.1 Å². The molecule has 3 N–H and O–H groups in total. The summed E-state index contributed by atoms with van der Waals surface area (Å²) in [5.41, 5.74) is 7.57. The monoisotopic (exact) mass is 249 g/mol. The first-order valence-electron chi connectivity index (χ1n) is 5.97. The highest BCUT2D eigenvalue weighted by atomic mass is 32.1. The topological polar surface area (TPSA) is 50.9 Å². The maximum absolute atomic E-state index is 5.76. The summed E-state index contributed by atoms with van der Waals surface area (Å²) in [6, 6.07) is 6.29. The lowest BCUT2D eigenvalue weighted by Crippen LogP contribution is -2.17. The van der Waals surface area contributed by atoms with Gasteiger partial charge in [0.2, 0.25) is 0 Å². The summed E-state index contributed by atoms with van der Waals surface area (Å²) in [4.78, 5) is 4.55. The molecule has 0 radical (unpaired) electrons. The van der Waals surface area contributed by atoms with Crippen LogP contribution in [-0.2, 0) is 0 Å². The number of hydrogen-bond acceptors (Lipinski definition) is 4. The van der Waals surface area contributed by atoms with Gasteiger partial charge in [-0.2, -0.15) is 0 Å². The molecule has 1 aromatic carbocycles. The Morgan fingerprint density at radius 3 is 2.82 bits per heavy atom. The summed E-state index contributed by atoms with van der Waals surface area (Å²) in [5.74, 6) is 0.697. The van der Waals surface area contributed by atoms with Crippen LogP contribution in [0.4, 0.5) is 10.8 Å². The molecule has 0 aliphatic heterocycles. The van der Waals surface area contributed by atoms with Gasteiger partial charge in [-0.05, 0) is 37.5 Å². The summed E-state index contributed by atoms with van der Waals surface area (Å²) in [5, 5.41) is 4.43. The fourth-order valence-corrected chi connectivity index (χ4v) is 3.01. The van der Waals surface area contributed by atoms with Gasteiger partial charge in [0.1, 0.15) is 0 Å². The number of nitrogens with two attached hydrogens (primary N) is 1. The zero-order valence-corrected chi connectivity index (χ0v) is 11.3. The fourth-order valence-electron chi connectivity index (χ4n) is 1.98. The molecular formula is C13H19N3S. The summed E-state index contributed by atoms with van der Waals surface area (Å²) < 4.78 is 1.14. The van der Waals surface area contributed by atoms with Crippen molar-refractivity contribution < 1.29 is 0 Å². The lowest BCUT2D eigenvalue weighted by atomic mass is 10.1. The average Bonchev–Trinajstić information content (AvgIpc) is 2.57. The second-order valence-electron chi connectivity index (χ2n) is 4.92. The van der Waals surface area contributed by atoms with Crippen molar-refractivity contribution in [3.63, 3.8) is 0 Å². The minimum absolute atomic E-state index is 0.452. The zero-order chi connectivity index (χ0) is 12.4. The van der Waals surface area contributed by atoms with Crippen LogP contribution in [0.15, 0.2) is 18.2 Å². The molecule has 4 heteroatoms. The average molecular weight is 249 g/mol. The molecule has 2 rings (SSSR count). The van der Waals surface area contributed by atoms with E-state index < -0.39 is 0 Å². The van der Waals surface area contributed by atoms with Gasteiger partial charge in [-0.25, -0.2) is 4.98 Å². The molecule has 1 heterocycles. The van der Waals surface area contributed by atoms with E-state index in [9.17, 15) is 0 Å². The highest BCUT2D eigenvalue weighted by Gasteiger charge is 2.08. The standard InChI is InChI=1S/C13H19N3S/c1-8(2)6-9(3)15-13-16-11-5-4-10(14)7-12(11)17-13/h4-5,7-9H,6,14H2,1-3H3,(H,15,16). The SMILES string of the molecule is CC(C)CC(C)Nc1nc2ccc(N)cc2s1. The van der Waals surface area contributed by atoms with E-state index >= 15 is 0 Å². The van der Waals surface area contributed by atoms with Crippen molar-refractivity contribution in [2.75, 3.05) is 11.1 Å².